The van der Waals surface area contributed by atoms with E-state index in [0.29, 0.717) is 10.6 Å². The molecule has 17 heavy (non-hydrogen) atoms. The van der Waals surface area contributed by atoms with Crippen LogP contribution >= 0.6 is 11.3 Å². The standard InChI is InChI=1S/C12H16N2O2S/c1-7-4-5-14(6-8(7)2)12-13-9(3)10(17-12)11(15)16/h4-6H2,1-3H3,(H,15,16). The lowest BCUT2D eigenvalue weighted by atomic mass is 10.0. The van der Waals surface area contributed by atoms with Crippen molar-refractivity contribution < 1.29 is 9.90 Å². The van der Waals surface area contributed by atoms with Crippen LogP contribution < -0.4 is 4.90 Å². The minimum absolute atomic E-state index is 0.351. The maximum atomic E-state index is 11.0. The third-order valence-electron chi connectivity index (χ3n) is 3.16. The predicted molar refractivity (Wildman–Crippen MR) is 69.0 cm³/mol. The van der Waals surface area contributed by atoms with Gasteiger partial charge in [-0.2, -0.15) is 0 Å². The van der Waals surface area contributed by atoms with Gasteiger partial charge in [0, 0.05) is 13.1 Å². The van der Waals surface area contributed by atoms with E-state index in [-0.39, 0.29) is 0 Å². The average molecular weight is 252 g/mol. The van der Waals surface area contributed by atoms with Crippen LogP contribution in [0.1, 0.15) is 35.6 Å². The summed E-state index contributed by atoms with van der Waals surface area (Å²) in [4.78, 5) is 17.8. The first-order valence-electron chi connectivity index (χ1n) is 5.60. The zero-order valence-corrected chi connectivity index (χ0v) is 11.1. The van der Waals surface area contributed by atoms with E-state index in [1.807, 2.05) is 0 Å². The molecule has 1 N–H and O–H groups in total. The molecule has 0 atom stereocenters. The lowest BCUT2D eigenvalue weighted by molar-refractivity contribution is 0.0701. The molecule has 5 heteroatoms. The number of carboxylic acid groups (broad SMARTS) is 1. The second-order valence-electron chi connectivity index (χ2n) is 4.45. The maximum absolute atomic E-state index is 11.0. The number of rotatable bonds is 2. The van der Waals surface area contributed by atoms with Crippen LogP contribution in [0.2, 0.25) is 0 Å². The average Bonchev–Trinajstić information content (AvgIpc) is 2.64. The highest BCUT2D eigenvalue weighted by Crippen LogP contribution is 2.29. The molecule has 92 valence electrons. The summed E-state index contributed by atoms with van der Waals surface area (Å²) >= 11 is 1.27. The molecule has 0 unspecified atom stereocenters. The van der Waals surface area contributed by atoms with Crippen molar-refractivity contribution in [2.45, 2.75) is 27.2 Å². The van der Waals surface area contributed by atoms with E-state index < -0.39 is 5.97 Å². The largest absolute Gasteiger partial charge is 0.477 e. The van der Waals surface area contributed by atoms with Gasteiger partial charge in [0.05, 0.1) is 5.69 Å². The topological polar surface area (TPSA) is 53.4 Å². The first kappa shape index (κ1) is 12.1. The van der Waals surface area contributed by atoms with E-state index in [2.05, 4.69) is 23.7 Å². The van der Waals surface area contributed by atoms with Gasteiger partial charge in [-0.1, -0.05) is 22.5 Å². The molecule has 1 aliphatic heterocycles. The Morgan fingerprint density at radius 1 is 1.35 bits per heavy atom. The third kappa shape index (κ3) is 2.34. The molecular formula is C12H16N2O2S. The zero-order valence-electron chi connectivity index (χ0n) is 10.3. The fourth-order valence-electron chi connectivity index (χ4n) is 1.90. The van der Waals surface area contributed by atoms with E-state index in [1.54, 1.807) is 6.92 Å². The number of anilines is 1. The van der Waals surface area contributed by atoms with Gasteiger partial charge in [0.2, 0.25) is 0 Å². The SMILES string of the molecule is CC1=C(C)CN(c2nc(C)c(C(=O)O)s2)CC1. The molecule has 1 aliphatic rings. The van der Waals surface area contributed by atoms with E-state index in [0.717, 1.165) is 24.6 Å². The van der Waals surface area contributed by atoms with Crippen molar-refractivity contribution in [3.8, 4) is 0 Å². The lowest BCUT2D eigenvalue weighted by Gasteiger charge is -2.28. The highest BCUT2D eigenvalue weighted by Gasteiger charge is 2.20. The molecule has 1 aromatic heterocycles. The maximum Gasteiger partial charge on any atom is 0.347 e. The van der Waals surface area contributed by atoms with E-state index in [1.165, 1.54) is 22.5 Å². The molecule has 0 radical (unpaired) electrons. The van der Waals surface area contributed by atoms with Gasteiger partial charge in [-0.05, 0) is 27.2 Å². The third-order valence-corrected chi connectivity index (χ3v) is 4.37. The Bertz CT molecular complexity index is 491. The predicted octanol–water partition coefficient (Wildman–Crippen LogP) is 2.70. The Morgan fingerprint density at radius 2 is 2.06 bits per heavy atom. The van der Waals surface area contributed by atoms with E-state index in [4.69, 9.17) is 5.11 Å². The van der Waals surface area contributed by atoms with Gasteiger partial charge in [0.1, 0.15) is 4.88 Å². The van der Waals surface area contributed by atoms with Crippen LogP contribution in [0.4, 0.5) is 5.13 Å². The van der Waals surface area contributed by atoms with Crippen molar-refractivity contribution in [3.05, 3.63) is 21.7 Å². The van der Waals surface area contributed by atoms with Crippen molar-refractivity contribution in [2.24, 2.45) is 0 Å². The second kappa shape index (κ2) is 4.49. The van der Waals surface area contributed by atoms with Crippen LogP contribution in [0.15, 0.2) is 11.1 Å². The van der Waals surface area contributed by atoms with Gasteiger partial charge in [-0.15, -0.1) is 0 Å². The summed E-state index contributed by atoms with van der Waals surface area (Å²) in [6, 6.07) is 0. The fraction of sp³-hybridized carbons (Fsp3) is 0.500. The number of aromatic nitrogens is 1. The molecule has 0 bridgehead atoms. The minimum atomic E-state index is -0.883. The van der Waals surface area contributed by atoms with Crippen molar-refractivity contribution in [1.29, 1.82) is 0 Å². The van der Waals surface area contributed by atoms with Gasteiger partial charge < -0.3 is 10.0 Å². The monoisotopic (exact) mass is 252 g/mol. The number of hydrogen-bond acceptors (Lipinski definition) is 4. The number of carboxylic acids is 1. The zero-order chi connectivity index (χ0) is 12.6. The summed E-state index contributed by atoms with van der Waals surface area (Å²) in [5.41, 5.74) is 3.41. The first-order valence-corrected chi connectivity index (χ1v) is 6.41. The van der Waals surface area contributed by atoms with Gasteiger partial charge in [0.25, 0.3) is 0 Å². The molecule has 0 saturated carbocycles. The molecule has 0 spiro atoms. The molecule has 0 aromatic carbocycles. The van der Waals surface area contributed by atoms with Crippen LogP contribution in [0, 0.1) is 6.92 Å². The van der Waals surface area contributed by atoms with Crippen molar-refractivity contribution >= 4 is 22.4 Å². The van der Waals surface area contributed by atoms with Crippen LogP contribution in [-0.2, 0) is 0 Å². The summed E-state index contributed by atoms with van der Waals surface area (Å²) in [5, 5.41) is 9.84. The Hall–Kier alpha value is -1.36. The Balaban J connectivity index is 2.25. The number of carbonyl (C=O) groups is 1. The summed E-state index contributed by atoms with van der Waals surface area (Å²) in [7, 11) is 0. The van der Waals surface area contributed by atoms with Crippen LogP contribution in [-0.4, -0.2) is 29.1 Å². The minimum Gasteiger partial charge on any atom is -0.477 e. The van der Waals surface area contributed by atoms with Gasteiger partial charge >= 0.3 is 5.97 Å². The molecule has 0 amide bonds. The van der Waals surface area contributed by atoms with E-state index in [9.17, 15) is 4.79 Å². The first-order chi connectivity index (χ1) is 7.99. The number of thiazole rings is 1. The van der Waals surface area contributed by atoms with Gasteiger partial charge in [-0.25, -0.2) is 9.78 Å². The molecule has 1 aromatic rings. The summed E-state index contributed by atoms with van der Waals surface area (Å²) in [6.45, 7) is 7.82. The fourth-order valence-corrected chi connectivity index (χ4v) is 2.83. The van der Waals surface area contributed by atoms with Crippen LogP contribution in [0.3, 0.4) is 0 Å². The Kier molecular flexibility index (Phi) is 3.19. The smallest absolute Gasteiger partial charge is 0.347 e. The van der Waals surface area contributed by atoms with Gasteiger partial charge in [-0.3, -0.25) is 0 Å². The van der Waals surface area contributed by atoms with Crippen LogP contribution in [0.5, 0.6) is 0 Å². The van der Waals surface area contributed by atoms with Gasteiger partial charge in [0.15, 0.2) is 5.13 Å². The molecule has 2 rings (SSSR count). The molecule has 4 nitrogen and oxygen atoms in total. The lowest BCUT2D eigenvalue weighted by Crippen LogP contribution is -2.30. The summed E-state index contributed by atoms with van der Waals surface area (Å²) < 4.78 is 0. The summed E-state index contributed by atoms with van der Waals surface area (Å²) in [6.07, 6.45) is 1.03. The van der Waals surface area contributed by atoms with Crippen molar-refractivity contribution in [2.75, 3.05) is 18.0 Å². The number of nitrogens with zero attached hydrogens (tertiary/aromatic N) is 2. The van der Waals surface area contributed by atoms with E-state index >= 15 is 0 Å². The number of hydrogen-bond donors (Lipinski definition) is 1. The summed E-state index contributed by atoms with van der Waals surface area (Å²) in [5.74, 6) is -0.883. The molecule has 0 aliphatic carbocycles. The Labute approximate surface area is 105 Å². The van der Waals surface area contributed by atoms with Crippen LogP contribution in [0.25, 0.3) is 0 Å². The van der Waals surface area contributed by atoms with Crippen molar-refractivity contribution in [1.82, 2.24) is 4.98 Å². The Morgan fingerprint density at radius 3 is 2.59 bits per heavy atom. The highest BCUT2D eigenvalue weighted by atomic mass is 32.1. The van der Waals surface area contributed by atoms with Crippen molar-refractivity contribution in [3.63, 3.8) is 0 Å². The quantitative estimate of drug-likeness (QED) is 0.822. The molecule has 2 heterocycles. The normalized spacial score (nSPS) is 16.5. The highest BCUT2D eigenvalue weighted by molar-refractivity contribution is 7.17. The number of aryl methyl sites for hydroxylation is 1. The molecule has 0 fully saturated rings. The molecular weight excluding hydrogens is 236 g/mol. The second-order valence-corrected chi connectivity index (χ2v) is 5.43. The molecule has 0 saturated heterocycles. The number of aromatic carboxylic acids is 1.